The van der Waals surface area contributed by atoms with Gasteiger partial charge in [-0.2, -0.15) is 10.1 Å². The smallest absolute Gasteiger partial charge is 0.263 e. The van der Waals surface area contributed by atoms with Crippen molar-refractivity contribution in [1.29, 1.82) is 0 Å². The number of anilines is 2. The molecule has 148 valence electrons. The number of rotatable bonds is 5. The van der Waals surface area contributed by atoms with Gasteiger partial charge in [0.15, 0.2) is 5.65 Å². The van der Waals surface area contributed by atoms with Crippen molar-refractivity contribution in [2.24, 2.45) is 0 Å². The average molecular weight is 410 g/mol. The highest BCUT2D eigenvalue weighted by Gasteiger charge is 2.22. The number of hydrogen-bond acceptors (Lipinski definition) is 9. The van der Waals surface area contributed by atoms with Crippen LogP contribution in [0.5, 0.6) is 0 Å². The number of aromatic nitrogens is 6. The number of nitrogens with zero attached hydrogens (tertiary/aromatic N) is 6. The highest BCUT2D eigenvalue weighted by molar-refractivity contribution is 7.13. The first-order valence-corrected chi connectivity index (χ1v) is 10.1. The summed E-state index contributed by atoms with van der Waals surface area (Å²) in [5.74, 6) is 0.386. The van der Waals surface area contributed by atoms with Crippen LogP contribution >= 0.6 is 11.3 Å². The van der Waals surface area contributed by atoms with E-state index in [0.717, 1.165) is 17.4 Å². The Balaban J connectivity index is 1.35. The van der Waals surface area contributed by atoms with Crippen LogP contribution in [0.4, 0.5) is 11.1 Å². The van der Waals surface area contributed by atoms with Crippen LogP contribution in [-0.2, 0) is 4.74 Å². The molecular formula is C18H18N8O2S. The van der Waals surface area contributed by atoms with E-state index in [4.69, 9.17) is 4.74 Å². The van der Waals surface area contributed by atoms with Crippen LogP contribution in [0.1, 0.15) is 0 Å². The van der Waals surface area contributed by atoms with Crippen LogP contribution < -0.4 is 15.8 Å². The third kappa shape index (κ3) is 3.57. The summed E-state index contributed by atoms with van der Waals surface area (Å²) < 4.78 is 7.50. The molecule has 1 aliphatic heterocycles. The lowest BCUT2D eigenvalue weighted by atomic mass is 10.3. The SMILES string of the molecule is O=c1[nH]c(NCC2CN(c3nncs3)CCO2)nc2c1cnn2-c1ccccc1. The van der Waals surface area contributed by atoms with E-state index >= 15 is 0 Å². The summed E-state index contributed by atoms with van der Waals surface area (Å²) in [6.07, 6.45) is 1.47. The van der Waals surface area contributed by atoms with E-state index in [2.05, 4.69) is 35.5 Å². The summed E-state index contributed by atoms with van der Waals surface area (Å²) in [5.41, 5.74) is 2.83. The number of benzene rings is 1. The van der Waals surface area contributed by atoms with Gasteiger partial charge in [0.05, 0.1) is 24.6 Å². The molecule has 10 nitrogen and oxygen atoms in total. The van der Waals surface area contributed by atoms with Gasteiger partial charge in [-0.15, -0.1) is 10.2 Å². The molecule has 0 aliphatic carbocycles. The molecule has 1 fully saturated rings. The number of hydrogen-bond donors (Lipinski definition) is 2. The molecule has 1 atom stereocenters. The van der Waals surface area contributed by atoms with Crippen LogP contribution in [0.2, 0.25) is 0 Å². The van der Waals surface area contributed by atoms with Crippen molar-refractivity contribution in [3.63, 3.8) is 0 Å². The lowest BCUT2D eigenvalue weighted by molar-refractivity contribution is 0.0491. The van der Waals surface area contributed by atoms with Crippen molar-refractivity contribution >= 4 is 33.5 Å². The topological polar surface area (TPSA) is 114 Å². The number of para-hydroxylation sites is 1. The Morgan fingerprint density at radius 2 is 2.21 bits per heavy atom. The maximum absolute atomic E-state index is 12.5. The van der Waals surface area contributed by atoms with Gasteiger partial charge in [0.1, 0.15) is 10.9 Å². The number of ether oxygens (including phenoxy) is 1. The van der Waals surface area contributed by atoms with E-state index in [0.29, 0.717) is 36.7 Å². The van der Waals surface area contributed by atoms with Gasteiger partial charge in [0.2, 0.25) is 11.1 Å². The maximum atomic E-state index is 12.5. The van der Waals surface area contributed by atoms with Gasteiger partial charge in [-0.3, -0.25) is 9.78 Å². The summed E-state index contributed by atoms with van der Waals surface area (Å²) in [6, 6.07) is 9.59. The van der Waals surface area contributed by atoms with E-state index in [1.54, 1.807) is 10.2 Å². The predicted octanol–water partition coefficient (Wildman–Crippen LogP) is 1.28. The summed E-state index contributed by atoms with van der Waals surface area (Å²) in [4.78, 5) is 22.0. The minimum atomic E-state index is -0.236. The molecule has 0 radical (unpaired) electrons. The zero-order chi connectivity index (χ0) is 19.6. The van der Waals surface area contributed by atoms with Crippen molar-refractivity contribution < 1.29 is 4.74 Å². The molecule has 4 heterocycles. The van der Waals surface area contributed by atoms with Crippen LogP contribution in [-0.4, -0.2) is 62.3 Å². The average Bonchev–Trinajstić information content (AvgIpc) is 3.44. The minimum absolute atomic E-state index is 0.0623. The van der Waals surface area contributed by atoms with Gasteiger partial charge in [0.25, 0.3) is 5.56 Å². The fourth-order valence-corrected chi connectivity index (χ4v) is 3.89. The second-order valence-corrected chi connectivity index (χ2v) is 7.40. The van der Waals surface area contributed by atoms with Crippen molar-refractivity contribution in [1.82, 2.24) is 29.9 Å². The van der Waals surface area contributed by atoms with Crippen LogP contribution in [0.15, 0.2) is 46.8 Å². The largest absolute Gasteiger partial charge is 0.373 e. The van der Waals surface area contributed by atoms with Gasteiger partial charge in [-0.1, -0.05) is 29.5 Å². The molecule has 3 aromatic heterocycles. The molecule has 0 spiro atoms. The third-order valence-corrected chi connectivity index (χ3v) is 5.44. The lowest BCUT2D eigenvalue weighted by Gasteiger charge is -2.32. The lowest BCUT2D eigenvalue weighted by Crippen LogP contribution is -2.45. The highest BCUT2D eigenvalue weighted by atomic mass is 32.1. The van der Waals surface area contributed by atoms with E-state index in [1.165, 1.54) is 17.5 Å². The molecule has 11 heteroatoms. The van der Waals surface area contributed by atoms with Gasteiger partial charge in [0, 0.05) is 19.6 Å². The van der Waals surface area contributed by atoms with E-state index in [9.17, 15) is 4.79 Å². The van der Waals surface area contributed by atoms with Gasteiger partial charge in [-0.25, -0.2) is 4.68 Å². The minimum Gasteiger partial charge on any atom is -0.373 e. The number of H-pyrrole nitrogens is 1. The Labute approximate surface area is 169 Å². The number of nitrogens with one attached hydrogen (secondary N) is 2. The Bertz CT molecular complexity index is 1160. The summed E-state index contributed by atoms with van der Waals surface area (Å²) in [6.45, 7) is 2.58. The van der Waals surface area contributed by atoms with Crippen molar-refractivity contribution in [3.8, 4) is 5.69 Å². The van der Waals surface area contributed by atoms with Gasteiger partial charge in [-0.05, 0) is 12.1 Å². The summed E-state index contributed by atoms with van der Waals surface area (Å²) in [5, 5.41) is 16.9. The molecule has 1 aromatic carbocycles. The van der Waals surface area contributed by atoms with Gasteiger partial charge < -0.3 is 15.0 Å². The Kier molecular flexibility index (Phi) is 4.66. The Morgan fingerprint density at radius 3 is 3.03 bits per heavy atom. The van der Waals surface area contributed by atoms with Crippen molar-refractivity contribution in [2.45, 2.75) is 6.10 Å². The molecule has 29 heavy (non-hydrogen) atoms. The van der Waals surface area contributed by atoms with Crippen LogP contribution in [0.3, 0.4) is 0 Å². The fourth-order valence-electron chi connectivity index (χ4n) is 3.29. The molecule has 5 rings (SSSR count). The zero-order valence-electron chi connectivity index (χ0n) is 15.4. The molecule has 0 amide bonds. The molecule has 0 saturated carbocycles. The predicted molar refractivity (Wildman–Crippen MR) is 110 cm³/mol. The standard InChI is InChI=1S/C18H18N8O2S/c27-16-14-9-21-26(12-4-2-1-3-5-12)15(14)22-17(23-16)19-8-13-10-25(6-7-28-13)18-24-20-11-29-18/h1-5,9,11,13H,6-8,10H2,(H2,19,22,23,27). The van der Waals surface area contributed by atoms with Gasteiger partial charge >= 0.3 is 0 Å². The summed E-state index contributed by atoms with van der Waals surface area (Å²) in [7, 11) is 0. The summed E-state index contributed by atoms with van der Waals surface area (Å²) >= 11 is 1.51. The van der Waals surface area contributed by atoms with Crippen LogP contribution in [0.25, 0.3) is 16.7 Å². The quantitative estimate of drug-likeness (QED) is 0.506. The van der Waals surface area contributed by atoms with Crippen molar-refractivity contribution in [3.05, 3.63) is 52.4 Å². The molecule has 1 unspecified atom stereocenters. The Hall–Kier alpha value is -3.31. The molecule has 0 bridgehead atoms. The van der Waals surface area contributed by atoms with Crippen LogP contribution in [0, 0.1) is 0 Å². The first-order chi connectivity index (χ1) is 14.3. The van der Waals surface area contributed by atoms with E-state index in [1.807, 2.05) is 30.3 Å². The van der Waals surface area contributed by atoms with Crippen molar-refractivity contribution in [2.75, 3.05) is 36.5 Å². The number of morpholine rings is 1. The normalized spacial score (nSPS) is 17.0. The number of aromatic amines is 1. The molecule has 2 N–H and O–H groups in total. The molecule has 1 aliphatic rings. The van der Waals surface area contributed by atoms with E-state index in [-0.39, 0.29) is 11.7 Å². The molecular weight excluding hydrogens is 392 g/mol. The fraction of sp³-hybridized carbons (Fsp3) is 0.278. The maximum Gasteiger partial charge on any atom is 0.263 e. The third-order valence-electron chi connectivity index (χ3n) is 4.69. The first kappa shape index (κ1) is 17.8. The Morgan fingerprint density at radius 1 is 1.31 bits per heavy atom. The zero-order valence-corrected chi connectivity index (χ0v) is 16.2. The highest BCUT2D eigenvalue weighted by Crippen LogP contribution is 2.19. The number of fused-ring (bicyclic) bond motifs is 1. The monoisotopic (exact) mass is 410 g/mol. The first-order valence-electron chi connectivity index (χ1n) is 9.18. The molecule has 1 saturated heterocycles. The van der Waals surface area contributed by atoms with E-state index < -0.39 is 0 Å². The molecule has 4 aromatic rings. The second kappa shape index (κ2) is 7.60. The second-order valence-electron chi connectivity index (χ2n) is 6.58.